The fourth-order valence-corrected chi connectivity index (χ4v) is 7.91. The Labute approximate surface area is 486 Å². The molecule has 0 spiro atoms. The minimum atomic E-state index is -1.48. The van der Waals surface area contributed by atoms with Gasteiger partial charge in [0.1, 0.15) is 48.3 Å². The highest BCUT2D eigenvalue weighted by atomic mass is 32.1. The van der Waals surface area contributed by atoms with Crippen molar-refractivity contribution in [2.75, 3.05) is 38.5 Å². The van der Waals surface area contributed by atoms with Gasteiger partial charge in [0.25, 0.3) is 0 Å². The molecule has 0 saturated heterocycles. The third kappa shape index (κ3) is 31.6. The highest BCUT2D eigenvalue weighted by molar-refractivity contribution is 7.80. The number of primary amides is 1. The van der Waals surface area contributed by atoms with Crippen LogP contribution in [-0.2, 0) is 49.6 Å². The first-order chi connectivity index (χ1) is 39.1. The molecule has 31 N–H and O–H groups in total. The summed E-state index contributed by atoms with van der Waals surface area (Å²) in [6.07, 6.45) is -1.41. The van der Waals surface area contributed by atoms with Crippen LogP contribution in [0.25, 0.3) is 0 Å². The maximum absolute atomic E-state index is 14.5. The molecule has 0 heterocycles. The fraction of sp³-hybridized carbons (Fsp3) is 0.583. The molecule has 0 fully saturated rings. The summed E-state index contributed by atoms with van der Waals surface area (Å²) in [5, 5.41) is 30.7. The Bertz CT molecular complexity index is 2430. The predicted octanol–water partition coefficient (Wildman–Crippen LogP) is -8.81. The number of aliphatic hydroxyl groups is 1. The number of carbonyl (C=O) groups is 9. The molecule has 1 aromatic rings. The average Bonchev–Trinajstić information content (AvgIpc) is 3.44. The number of thiol groups is 1. The van der Waals surface area contributed by atoms with E-state index in [0.29, 0.717) is 5.56 Å². The van der Waals surface area contributed by atoms with Crippen LogP contribution in [-0.4, -0.2) is 181 Å². The number of amides is 9. The van der Waals surface area contributed by atoms with Crippen molar-refractivity contribution in [2.45, 2.75) is 139 Å². The van der Waals surface area contributed by atoms with Gasteiger partial charge in [0.15, 0.2) is 29.8 Å². The van der Waals surface area contributed by atoms with Crippen LogP contribution in [0.3, 0.4) is 0 Å². The Morgan fingerprint density at radius 2 is 0.699 bits per heavy atom. The van der Waals surface area contributed by atoms with Crippen molar-refractivity contribution >= 4 is 95.6 Å². The van der Waals surface area contributed by atoms with E-state index in [1.54, 1.807) is 30.3 Å². The van der Waals surface area contributed by atoms with Crippen molar-refractivity contribution in [3.8, 4) is 0 Å². The molecule has 0 saturated carbocycles. The van der Waals surface area contributed by atoms with E-state index in [9.17, 15) is 48.3 Å². The van der Waals surface area contributed by atoms with Crippen LogP contribution in [0, 0.1) is 0 Å². The molecule has 0 aromatic heterocycles. The zero-order valence-corrected chi connectivity index (χ0v) is 47.7. The van der Waals surface area contributed by atoms with Gasteiger partial charge in [0.05, 0.1) is 6.10 Å². The second kappa shape index (κ2) is 39.5. The summed E-state index contributed by atoms with van der Waals surface area (Å²) >= 11 is 4.29. The summed E-state index contributed by atoms with van der Waals surface area (Å²) < 4.78 is 0. The Morgan fingerprint density at radius 1 is 0.422 bits per heavy atom. The highest BCUT2D eigenvalue weighted by Gasteiger charge is 2.35. The van der Waals surface area contributed by atoms with Crippen molar-refractivity contribution < 1.29 is 48.3 Å². The van der Waals surface area contributed by atoms with Crippen LogP contribution in [0.15, 0.2) is 55.3 Å². The van der Waals surface area contributed by atoms with E-state index < -0.39 is 108 Å². The molecule has 464 valence electrons. The number of aliphatic imine (C=N–C) groups is 5. The monoisotopic (exact) mass is 1190 g/mol. The smallest absolute Gasteiger partial charge is 0.245 e. The Balaban J connectivity index is 3.73. The number of hydrogen-bond donors (Lipinski definition) is 21. The molecule has 0 radical (unpaired) electrons. The van der Waals surface area contributed by atoms with Gasteiger partial charge < -0.3 is 111 Å². The number of guanidine groups is 5. The number of nitrogens with zero attached hydrogens (tertiary/aromatic N) is 5. The van der Waals surface area contributed by atoms with Crippen LogP contribution in [0.4, 0.5) is 0 Å². The molecular weight excluding hydrogens is 1100 g/mol. The predicted molar refractivity (Wildman–Crippen MR) is 316 cm³/mol. The lowest BCUT2D eigenvalue weighted by atomic mass is 10.0. The molecule has 1 rings (SSSR count). The molecule has 0 aliphatic carbocycles. The average molecular weight is 1190 g/mol. The summed E-state index contributed by atoms with van der Waals surface area (Å²) in [6.45, 7) is 2.49. The summed E-state index contributed by atoms with van der Waals surface area (Å²) in [4.78, 5) is 143. The molecule has 0 unspecified atom stereocenters. The van der Waals surface area contributed by atoms with Gasteiger partial charge in [-0.1, -0.05) is 30.3 Å². The van der Waals surface area contributed by atoms with Crippen LogP contribution in [0.5, 0.6) is 0 Å². The molecule has 0 aliphatic heterocycles. The minimum Gasteiger partial charge on any atom is -0.391 e. The van der Waals surface area contributed by atoms with Crippen LogP contribution in [0.1, 0.15) is 83.6 Å². The van der Waals surface area contributed by atoms with Gasteiger partial charge in [-0.3, -0.25) is 68.1 Å². The lowest BCUT2D eigenvalue weighted by Gasteiger charge is -2.28. The maximum Gasteiger partial charge on any atom is 0.245 e. The van der Waals surface area contributed by atoms with Gasteiger partial charge in [-0.2, -0.15) is 12.6 Å². The van der Waals surface area contributed by atoms with E-state index in [-0.39, 0.29) is 139 Å². The molecule has 0 aliphatic rings. The van der Waals surface area contributed by atoms with Crippen molar-refractivity contribution in [2.24, 2.45) is 88.0 Å². The number of rotatable bonds is 40. The first-order valence-corrected chi connectivity index (χ1v) is 27.1. The number of benzene rings is 1. The van der Waals surface area contributed by atoms with Gasteiger partial charge in [-0.15, -0.1) is 0 Å². The lowest BCUT2D eigenvalue weighted by molar-refractivity contribution is -0.136. The first-order valence-electron chi connectivity index (χ1n) is 26.4. The van der Waals surface area contributed by atoms with Crippen molar-refractivity contribution in [3.05, 3.63) is 35.9 Å². The number of hydrogen-bond acceptors (Lipinski definition) is 16. The number of nitrogens with one attached hydrogen (secondary N) is 8. The Morgan fingerprint density at radius 3 is 0.988 bits per heavy atom. The second-order valence-corrected chi connectivity index (χ2v) is 19.2. The SMILES string of the molecule is CC(=O)N[C@H](C(=O)N[C@H](Cc1ccccc1)C(=O)N[C@H](CS)C(=O)N[C@H](CCCN=C(N)N)C(=O)N[C@H](CCCN=C(N)N)C(=O)N[C@H](CCCN=C(N)N)C(=O)N[C@H](CCCN=C(N)N)C(=O)N[C@H](CCCN=C(N)N)C(N)=O)[C@@H](C)O. The van der Waals surface area contributed by atoms with E-state index in [1.807, 2.05) is 0 Å². The standard InChI is InChI=1S/C48H86N24O10S/c1-25(73)35(65-26(2)74)43(82)71-33(23-27-11-4-3-5-12-27)41(80)72-34(24-83)42(81)70-32(17-10-22-64-48(58)59)40(79)69-31(16-9-21-63-47(56)57)39(78)68-30(15-8-20-62-46(54)55)38(77)67-29(14-7-19-61-45(52)53)37(76)66-28(36(49)75)13-6-18-60-44(50)51/h3-5,11-12,25,28-35,73,83H,6-10,13-24H2,1-2H3,(H2,49,75)(H,65,74)(H,66,76)(H,67,77)(H,68,78)(H,69,79)(H,70,81)(H,71,82)(H,72,80)(H4,50,51,60)(H4,52,53,61)(H4,54,55,62)(H4,56,57,63)(H4,58,59,64)/t25-,28-,29-,30-,31-,32-,33-,34-,35+/m1/s1. The van der Waals surface area contributed by atoms with Gasteiger partial charge in [0.2, 0.25) is 53.2 Å². The van der Waals surface area contributed by atoms with Crippen LogP contribution >= 0.6 is 12.6 Å². The van der Waals surface area contributed by atoms with E-state index >= 15 is 0 Å². The molecule has 83 heavy (non-hydrogen) atoms. The third-order valence-electron chi connectivity index (χ3n) is 11.8. The van der Waals surface area contributed by atoms with E-state index in [2.05, 4.69) is 80.1 Å². The second-order valence-electron chi connectivity index (χ2n) is 18.9. The van der Waals surface area contributed by atoms with Crippen molar-refractivity contribution in [1.29, 1.82) is 0 Å². The molecular formula is C48H86N24O10S. The van der Waals surface area contributed by atoms with Gasteiger partial charge in [-0.25, -0.2) is 0 Å². The summed E-state index contributed by atoms with van der Waals surface area (Å²) in [5.74, 6) is -9.40. The minimum absolute atomic E-state index is 0.0113. The number of aliphatic hydroxyl groups excluding tert-OH is 1. The molecule has 0 bridgehead atoms. The normalized spacial score (nSPS) is 13.9. The first kappa shape index (κ1) is 72.1. The van der Waals surface area contributed by atoms with Crippen LogP contribution < -0.4 is 106 Å². The third-order valence-corrected chi connectivity index (χ3v) is 12.1. The molecule has 9 amide bonds. The van der Waals surface area contributed by atoms with E-state index in [4.69, 9.17) is 63.1 Å². The summed E-state index contributed by atoms with van der Waals surface area (Å²) in [5.41, 5.74) is 61.2. The molecule has 35 heteroatoms. The fourth-order valence-electron chi connectivity index (χ4n) is 7.65. The van der Waals surface area contributed by atoms with E-state index in [1.165, 1.54) is 6.92 Å². The number of nitrogens with two attached hydrogens (primary N) is 11. The van der Waals surface area contributed by atoms with Gasteiger partial charge in [0, 0.05) is 51.8 Å². The molecule has 34 nitrogen and oxygen atoms in total. The zero-order chi connectivity index (χ0) is 62.6. The molecule has 9 atom stereocenters. The summed E-state index contributed by atoms with van der Waals surface area (Å²) in [6, 6.07) is -2.82. The number of carbonyl (C=O) groups excluding carboxylic acids is 9. The van der Waals surface area contributed by atoms with Crippen molar-refractivity contribution in [1.82, 2.24) is 42.5 Å². The molecule has 1 aromatic carbocycles. The maximum atomic E-state index is 14.5. The summed E-state index contributed by atoms with van der Waals surface area (Å²) in [7, 11) is 0. The van der Waals surface area contributed by atoms with Gasteiger partial charge in [-0.05, 0) is 76.7 Å². The van der Waals surface area contributed by atoms with Gasteiger partial charge >= 0.3 is 0 Å². The Hall–Kier alpha value is -8.89. The zero-order valence-electron chi connectivity index (χ0n) is 46.8. The lowest BCUT2D eigenvalue weighted by Crippen LogP contribution is -2.61. The topological polar surface area (TPSA) is 618 Å². The highest BCUT2D eigenvalue weighted by Crippen LogP contribution is 2.11. The largest absolute Gasteiger partial charge is 0.391 e. The Kier molecular flexibility index (Phi) is 34.3. The van der Waals surface area contributed by atoms with E-state index in [0.717, 1.165) is 6.92 Å². The van der Waals surface area contributed by atoms with Crippen LogP contribution in [0.2, 0.25) is 0 Å². The quantitative estimate of drug-likeness (QED) is 0.0126. The van der Waals surface area contributed by atoms with Crippen molar-refractivity contribution in [3.63, 3.8) is 0 Å².